The van der Waals surface area contributed by atoms with E-state index in [-0.39, 0.29) is 5.97 Å². The molecule has 0 bridgehead atoms. The summed E-state index contributed by atoms with van der Waals surface area (Å²) >= 11 is 0. The Morgan fingerprint density at radius 3 is 2.05 bits per heavy atom. The summed E-state index contributed by atoms with van der Waals surface area (Å²) in [4.78, 5) is 21.1. The van der Waals surface area contributed by atoms with E-state index in [2.05, 4.69) is 6.92 Å². The number of rotatable bonds is 9. The van der Waals surface area contributed by atoms with Gasteiger partial charge in [0.1, 0.15) is 6.04 Å². The Balaban J connectivity index is 0. The van der Waals surface area contributed by atoms with Gasteiger partial charge in [0.05, 0.1) is 6.61 Å². The van der Waals surface area contributed by atoms with E-state index in [0.29, 0.717) is 31.3 Å². The van der Waals surface area contributed by atoms with Gasteiger partial charge in [-0.3, -0.25) is 9.59 Å². The standard InChI is InChI=1S/C10H21NO2.C6H12O2/c1-4-5-6-13-10(12)9(11)7-8(2)3;1-5(2)3-4-6(7)8/h8-9H,4-7,11H2,1-3H3;5H,3-4H2,1-2H3,(H,7,8)/t9-;/m0./s1. The van der Waals surface area contributed by atoms with Crippen LogP contribution in [0.15, 0.2) is 0 Å². The second kappa shape index (κ2) is 13.9. The van der Waals surface area contributed by atoms with E-state index in [1.165, 1.54) is 0 Å². The predicted octanol–water partition coefficient (Wildman–Crippen LogP) is 3.21. The summed E-state index contributed by atoms with van der Waals surface area (Å²) in [5, 5.41) is 8.16. The lowest BCUT2D eigenvalue weighted by molar-refractivity contribution is -0.145. The summed E-state index contributed by atoms with van der Waals surface area (Å²) in [6, 6.07) is -0.447. The van der Waals surface area contributed by atoms with Crippen molar-refractivity contribution in [2.75, 3.05) is 6.61 Å². The molecule has 0 unspecified atom stereocenters. The summed E-state index contributed by atoms with van der Waals surface area (Å²) in [5.74, 6) is -0.0133. The Kier molecular flexibility index (Phi) is 14.6. The number of aliphatic carboxylic acids is 1. The number of carboxylic acids is 1. The molecular weight excluding hydrogens is 270 g/mol. The fourth-order valence-electron chi connectivity index (χ4n) is 1.44. The van der Waals surface area contributed by atoms with Crippen molar-refractivity contribution in [2.45, 2.75) is 72.8 Å². The third kappa shape index (κ3) is 18.9. The van der Waals surface area contributed by atoms with Crippen molar-refractivity contribution >= 4 is 11.9 Å². The van der Waals surface area contributed by atoms with Crippen LogP contribution in [0.3, 0.4) is 0 Å². The van der Waals surface area contributed by atoms with Gasteiger partial charge in [-0.1, -0.05) is 41.0 Å². The number of ether oxygens (including phenoxy) is 1. The molecule has 0 aromatic rings. The van der Waals surface area contributed by atoms with Gasteiger partial charge in [0.2, 0.25) is 0 Å². The molecule has 0 heterocycles. The summed E-state index contributed by atoms with van der Waals surface area (Å²) in [6.45, 7) is 10.7. The molecule has 21 heavy (non-hydrogen) atoms. The Morgan fingerprint density at radius 2 is 1.71 bits per heavy atom. The van der Waals surface area contributed by atoms with Crippen LogP contribution in [0.2, 0.25) is 0 Å². The average molecular weight is 303 g/mol. The van der Waals surface area contributed by atoms with Crippen LogP contribution in [0.25, 0.3) is 0 Å². The average Bonchev–Trinajstić information content (AvgIpc) is 2.36. The number of unbranched alkanes of at least 4 members (excludes halogenated alkanes) is 1. The maximum absolute atomic E-state index is 11.2. The zero-order valence-corrected chi connectivity index (χ0v) is 14.2. The molecule has 0 aliphatic carbocycles. The van der Waals surface area contributed by atoms with Crippen molar-refractivity contribution in [3.63, 3.8) is 0 Å². The van der Waals surface area contributed by atoms with Gasteiger partial charge >= 0.3 is 11.9 Å². The highest BCUT2D eigenvalue weighted by Gasteiger charge is 2.15. The number of carboxylic acid groups (broad SMARTS) is 1. The quantitative estimate of drug-likeness (QED) is 0.504. The Hall–Kier alpha value is -1.10. The summed E-state index contributed by atoms with van der Waals surface area (Å²) < 4.78 is 4.98. The van der Waals surface area contributed by atoms with Crippen LogP contribution >= 0.6 is 0 Å². The lowest BCUT2D eigenvalue weighted by atomic mass is 10.1. The van der Waals surface area contributed by atoms with Crippen molar-refractivity contribution in [2.24, 2.45) is 17.6 Å². The second-order valence-electron chi connectivity index (χ2n) is 6.08. The minimum absolute atomic E-state index is 0.262. The zero-order chi connectivity index (χ0) is 16.8. The highest BCUT2D eigenvalue weighted by Crippen LogP contribution is 2.04. The van der Waals surface area contributed by atoms with Gasteiger partial charge in [0.15, 0.2) is 0 Å². The maximum atomic E-state index is 11.2. The van der Waals surface area contributed by atoms with Crippen LogP contribution in [0.5, 0.6) is 0 Å². The molecule has 0 spiro atoms. The number of hydrogen-bond acceptors (Lipinski definition) is 4. The van der Waals surface area contributed by atoms with E-state index < -0.39 is 12.0 Å². The van der Waals surface area contributed by atoms with Crippen LogP contribution in [-0.2, 0) is 14.3 Å². The van der Waals surface area contributed by atoms with Gasteiger partial charge in [0, 0.05) is 6.42 Å². The smallest absolute Gasteiger partial charge is 0.322 e. The van der Waals surface area contributed by atoms with Crippen LogP contribution in [0.1, 0.15) is 66.7 Å². The zero-order valence-electron chi connectivity index (χ0n) is 14.2. The van der Waals surface area contributed by atoms with Crippen LogP contribution in [0.4, 0.5) is 0 Å². The molecule has 5 nitrogen and oxygen atoms in total. The van der Waals surface area contributed by atoms with Crippen LogP contribution < -0.4 is 5.73 Å². The van der Waals surface area contributed by atoms with Gasteiger partial charge in [-0.05, 0) is 31.1 Å². The molecular formula is C16H33NO4. The second-order valence-corrected chi connectivity index (χ2v) is 6.08. The normalized spacial score (nSPS) is 11.8. The summed E-state index contributed by atoms with van der Waals surface area (Å²) in [6.07, 6.45) is 3.74. The van der Waals surface area contributed by atoms with Crippen molar-refractivity contribution in [3.8, 4) is 0 Å². The molecule has 0 amide bonds. The number of carbonyl (C=O) groups is 2. The first-order chi connectivity index (χ1) is 9.70. The molecule has 0 radical (unpaired) electrons. The molecule has 0 aliphatic rings. The maximum Gasteiger partial charge on any atom is 0.322 e. The molecule has 0 saturated heterocycles. The molecule has 0 aromatic carbocycles. The third-order valence-electron chi connectivity index (χ3n) is 2.71. The van der Waals surface area contributed by atoms with E-state index in [1.807, 2.05) is 27.7 Å². The van der Waals surface area contributed by atoms with Crippen LogP contribution in [0, 0.1) is 11.8 Å². The van der Waals surface area contributed by atoms with E-state index >= 15 is 0 Å². The Bertz CT molecular complexity index is 277. The Morgan fingerprint density at radius 1 is 1.14 bits per heavy atom. The highest BCUT2D eigenvalue weighted by atomic mass is 16.5. The molecule has 0 rings (SSSR count). The highest BCUT2D eigenvalue weighted by molar-refractivity contribution is 5.75. The molecule has 0 aliphatic heterocycles. The van der Waals surface area contributed by atoms with Gasteiger partial charge < -0.3 is 15.6 Å². The molecule has 0 saturated carbocycles. The lowest BCUT2D eigenvalue weighted by Gasteiger charge is -2.12. The monoisotopic (exact) mass is 303 g/mol. The summed E-state index contributed by atoms with van der Waals surface area (Å²) in [7, 11) is 0. The molecule has 0 aromatic heterocycles. The molecule has 3 N–H and O–H groups in total. The fourth-order valence-corrected chi connectivity index (χ4v) is 1.44. The van der Waals surface area contributed by atoms with Gasteiger partial charge in [-0.15, -0.1) is 0 Å². The topological polar surface area (TPSA) is 89.6 Å². The summed E-state index contributed by atoms with van der Waals surface area (Å²) in [5.41, 5.74) is 5.63. The third-order valence-corrected chi connectivity index (χ3v) is 2.71. The minimum atomic E-state index is -0.696. The van der Waals surface area contributed by atoms with Crippen molar-refractivity contribution in [3.05, 3.63) is 0 Å². The first kappa shape index (κ1) is 22.2. The Labute approximate surface area is 129 Å². The molecule has 126 valence electrons. The number of nitrogens with two attached hydrogens (primary N) is 1. The molecule has 1 atom stereocenters. The first-order valence-corrected chi connectivity index (χ1v) is 7.84. The number of hydrogen-bond donors (Lipinski definition) is 2. The van der Waals surface area contributed by atoms with E-state index in [9.17, 15) is 9.59 Å². The van der Waals surface area contributed by atoms with Crippen LogP contribution in [-0.4, -0.2) is 29.7 Å². The fraction of sp³-hybridized carbons (Fsp3) is 0.875. The molecule has 5 heteroatoms. The lowest BCUT2D eigenvalue weighted by Crippen LogP contribution is -2.33. The minimum Gasteiger partial charge on any atom is -0.481 e. The van der Waals surface area contributed by atoms with Gasteiger partial charge in [0.25, 0.3) is 0 Å². The predicted molar refractivity (Wildman–Crippen MR) is 85.0 cm³/mol. The van der Waals surface area contributed by atoms with Gasteiger partial charge in [-0.2, -0.15) is 0 Å². The SMILES string of the molecule is CC(C)CCC(=O)O.CCCCOC(=O)[C@@H](N)CC(C)C. The van der Waals surface area contributed by atoms with Gasteiger partial charge in [-0.25, -0.2) is 0 Å². The number of esters is 1. The largest absolute Gasteiger partial charge is 0.481 e. The van der Waals surface area contributed by atoms with E-state index in [4.69, 9.17) is 15.6 Å². The first-order valence-electron chi connectivity index (χ1n) is 7.84. The number of carbonyl (C=O) groups excluding carboxylic acids is 1. The van der Waals surface area contributed by atoms with E-state index in [1.54, 1.807) is 0 Å². The van der Waals surface area contributed by atoms with E-state index in [0.717, 1.165) is 19.3 Å². The van der Waals surface area contributed by atoms with Crippen molar-refractivity contribution in [1.29, 1.82) is 0 Å². The van der Waals surface area contributed by atoms with Crippen molar-refractivity contribution in [1.82, 2.24) is 0 Å². The van der Waals surface area contributed by atoms with Crippen molar-refractivity contribution < 1.29 is 19.4 Å². The molecule has 0 fully saturated rings.